The number of hydrogen-bond donors (Lipinski definition) is 2. The number of piperazine rings is 1. The van der Waals surface area contributed by atoms with Gasteiger partial charge in [0.1, 0.15) is 6.54 Å². The summed E-state index contributed by atoms with van der Waals surface area (Å²) in [5.41, 5.74) is 2.58. The molecule has 1 aromatic carbocycles. The van der Waals surface area contributed by atoms with Crippen molar-refractivity contribution in [2.75, 3.05) is 46.9 Å². The molecule has 0 unspecified atom stereocenters. The van der Waals surface area contributed by atoms with E-state index in [1.807, 2.05) is 0 Å². The number of thiocarbonyl (C=S) groups is 1. The maximum Gasteiger partial charge on any atom is 0.169 e. The Morgan fingerprint density at radius 1 is 1.20 bits per heavy atom. The van der Waals surface area contributed by atoms with Gasteiger partial charge in [0, 0.05) is 12.1 Å². The molecule has 1 heterocycles. The number of nitrogens with zero attached hydrogens (tertiary/aromatic N) is 1. The highest BCUT2D eigenvalue weighted by Gasteiger charge is 2.22. The number of ether oxygens (including phenoxy) is 2. The molecule has 0 amide bonds. The van der Waals surface area contributed by atoms with Crippen molar-refractivity contribution in [3.05, 3.63) is 23.3 Å². The molecule has 1 fully saturated rings. The third-order valence-electron chi connectivity index (χ3n) is 4.85. The molecular weight excluding hydrogens is 334 g/mol. The summed E-state index contributed by atoms with van der Waals surface area (Å²) < 4.78 is 10.8. The average Bonchev–Trinajstić information content (AvgIpc) is 2.63. The lowest BCUT2D eigenvalue weighted by Gasteiger charge is -2.34. The molecule has 2 rings (SSSR count). The summed E-state index contributed by atoms with van der Waals surface area (Å²) in [6.07, 6.45) is 2.36. The summed E-state index contributed by atoms with van der Waals surface area (Å²) in [6, 6.07) is 4.18. The van der Waals surface area contributed by atoms with Gasteiger partial charge in [0.05, 0.1) is 40.4 Å². The average molecular weight is 367 g/mol. The predicted octanol–water partition coefficient (Wildman–Crippen LogP) is 1.39. The Labute approximate surface area is 157 Å². The van der Waals surface area contributed by atoms with Crippen LogP contribution in [-0.4, -0.2) is 57.0 Å². The minimum atomic E-state index is 0.798. The maximum atomic E-state index is 5.51. The van der Waals surface area contributed by atoms with Gasteiger partial charge in [0.15, 0.2) is 16.6 Å². The number of rotatable bonds is 7. The lowest BCUT2D eigenvalue weighted by atomic mass is 10.1. The van der Waals surface area contributed by atoms with Gasteiger partial charge >= 0.3 is 0 Å². The molecule has 140 valence electrons. The molecule has 0 spiro atoms. The standard InChI is InChI=1S/C19H31N3O2S/c1-5-6-7-20-19(25)22-10-8-21(9-11-22)14-16-13-18(24-4)17(23-3)12-15(16)2/h12-13H,5-11,14H2,1-4H3,(H,20,25)/p+1. The van der Waals surface area contributed by atoms with E-state index in [9.17, 15) is 0 Å². The highest BCUT2D eigenvalue weighted by molar-refractivity contribution is 7.80. The summed E-state index contributed by atoms with van der Waals surface area (Å²) in [7, 11) is 3.37. The second-order valence-corrected chi connectivity index (χ2v) is 7.02. The number of hydrogen-bond acceptors (Lipinski definition) is 3. The normalized spacial score (nSPS) is 15.1. The number of methoxy groups -OCH3 is 2. The van der Waals surface area contributed by atoms with Gasteiger partial charge in [0.25, 0.3) is 0 Å². The molecule has 0 radical (unpaired) electrons. The van der Waals surface area contributed by atoms with Gasteiger partial charge in [-0.25, -0.2) is 0 Å². The van der Waals surface area contributed by atoms with Crippen LogP contribution in [0, 0.1) is 6.92 Å². The topological polar surface area (TPSA) is 38.2 Å². The molecule has 0 aromatic heterocycles. The first kappa shape index (κ1) is 19.8. The maximum absolute atomic E-state index is 5.51. The Balaban J connectivity index is 1.88. The Morgan fingerprint density at radius 2 is 1.84 bits per heavy atom. The molecule has 2 N–H and O–H groups in total. The first-order valence-electron chi connectivity index (χ1n) is 9.16. The fraction of sp³-hybridized carbons (Fsp3) is 0.632. The summed E-state index contributed by atoms with van der Waals surface area (Å²) >= 11 is 5.51. The molecule has 0 saturated carbocycles. The molecule has 1 aromatic rings. The largest absolute Gasteiger partial charge is 0.493 e. The first-order valence-corrected chi connectivity index (χ1v) is 9.57. The Hall–Kier alpha value is -1.53. The fourth-order valence-electron chi connectivity index (χ4n) is 3.17. The summed E-state index contributed by atoms with van der Waals surface area (Å²) in [5.74, 6) is 1.61. The van der Waals surface area contributed by atoms with Crippen LogP contribution >= 0.6 is 12.2 Å². The predicted molar refractivity (Wildman–Crippen MR) is 106 cm³/mol. The second-order valence-electron chi connectivity index (χ2n) is 6.63. The van der Waals surface area contributed by atoms with E-state index in [0.29, 0.717) is 0 Å². The Bertz CT molecular complexity index is 572. The summed E-state index contributed by atoms with van der Waals surface area (Å²) in [4.78, 5) is 3.89. The monoisotopic (exact) mass is 366 g/mol. The van der Waals surface area contributed by atoms with Crippen molar-refractivity contribution in [3.63, 3.8) is 0 Å². The van der Waals surface area contributed by atoms with Crippen molar-refractivity contribution >= 4 is 17.3 Å². The lowest BCUT2D eigenvalue weighted by molar-refractivity contribution is -0.917. The zero-order valence-electron chi connectivity index (χ0n) is 16.0. The fourth-order valence-corrected chi connectivity index (χ4v) is 3.45. The van der Waals surface area contributed by atoms with Crippen molar-refractivity contribution in [1.29, 1.82) is 0 Å². The number of benzene rings is 1. The van der Waals surface area contributed by atoms with Crippen LogP contribution in [-0.2, 0) is 6.54 Å². The number of nitrogens with one attached hydrogen (secondary N) is 2. The van der Waals surface area contributed by atoms with E-state index in [1.165, 1.54) is 24.0 Å². The van der Waals surface area contributed by atoms with Crippen LogP contribution < -0.4 is 19.7 Å². The van der Waals surface area contributed by atoms with Crippen LogP contribution in [0.3, 0.4) is 0 Å². The molecular formula is C19H32N3O2S+. The molecule has 1 aliphatic heterocycles. The third kappa shape index (κ3) is 5.47. The van der Waals surface area contributed by atoms with Crippen molar-refractivity contribution in [2.24, 2.45) is 0 Å². The minimum Gasteiger partial charge on any atom is -0.493 e. The van der Waals surface area contributed by atoms with Gasteiger partial charge in [-0.2, -0.15) is 0 Å². The van der Waals surface area contributed by atoms with Gasteiger partial charge in [0.2, 0.25) is 0 Å². The zero-order chi connectivity index (χ0) is 18.2. The van der Waals surface area contributed by atoms with Gasteiger partial charge in [-0.3, -0.25) is 0 Å². The van der Waals surface area contributed by atoms with E-state index in [1.54, 1.807) is 19.1 Å². The molecule has 5 nitrogen and oxygen atoms in total. The zero-order valence-corrected chi connectivity index (χ0v) is 16.8. The van der Waals surface area contributed by atoms with Gasteiger partial charge < -0.3 is 24.6 Å². The number of quaternary nitrogens is 1. The SMILES string of the molecule is CCCCNC(=S)N1CC[NH+](Cc2cc(OC)c(OC)cc2C)CC1. The molecule has 0 aliphatic carbocycles. The quantitative estimate of drug-likeness (QED) is 0.564. The van der Waals surface area contributed by atoms with Crippen molar-refractivity contribution in [2.45, 2.75) is 33.2 Å². The number of unbranched alkanes of at least 4 members (excludes halogenated alkanes) is 1. The van der Waals surface area contributed by atoms with Crippen LogP contribution in [0.2, 0.25) is 0 Å². The highest BCUT2D eigenvalue weighted by Crippen LogP contribution is 2.29. The van der Waals surface area contributed by atoms with E-state index in [-0.39, 0.29) is 0 Å². The van der Waals surface area contributed by atoms with Crippen LogP contribution in [0.25, 0.3) is 0 Å². The minimum absolute atomic E-state index is 0.798. The second kappa shape index (κ2) is 9.82. The van der Waals surface area contributed by atoms with E-state index < -0.39 is 0 Å². The van der Waals surface area contributed by atoms with E-state index in [0.717, 1.165) is 55.9 Å². The van der Waals surface area contributed by atoms with E-state index in [4.69, 9.17) is 21.7 Å². The smallest absolute Gasteiger partial charge is 0.169 e. The molecule has 1 aliphatic rings. The van der Waals surface area contributed by atoms with Crippen LogP contribution in [0.1, 0.15) is 30.9 Å². The Kier molecular flexibility index (Phi) is 7.78. The Morgan fingerprint density at radius 3 is 2.44 bits per heavy atom. The highest BCUT2D eigenvalue weighted by atomic mass is 32.1. The molecule has 0 bridgehead atoms. The third-order valence-corrected chi connectivity index (χ3v) is 5.25. The summed E-state index contributed by atoms with van der Waals surface area (Å²) in [5, 5.41) is 4.28. The van der Waals surface area contributed by atoms with Gasteiger partial charge in [-0.1, -0.05) is 13.3 Å². The first-order chi connectivity index (χ1) is 12.1. The van der Waals surface area contributed by atoms with Crippen LogP contribution in [0.15, 0.2) is 12.1 Å². The van der Waals surface area contributed by atoms with Gasteiger partial charge in [-0.05, 0) is 43.3 Å². The molecule has 6 heteroatoms. The van der Waals surface area contributed by atoms with Crippen LogP contribution in [0.5, 0.6) is 11.5 Å². The molecule has 0 atom stereocenters. The van der Waals surface area contributed by atoms with Crippen molar-refractivity contribution < 1.29 is 14.4 Å². The van der Waals surface area contributed by atoms with E-state index in [2.05, 4.69) is 36.2 Å². The van der Waals surface area contributed by atoms with Crippen LogP contribution in [0.4, 0.5) is 0 Å². The lowest BCUT2D eigenvalue weighted by Crippen LogP contribution is -3.13. The van der Waals surface area contributed by atoms with Crippen molar-refractivity contribution in [1.82, 2.24) is 10.2 Å². The molecule has 25 heavy (non-hydrogen) atoms. The summed E-state index contributed by atoms with van der Waals surface area (Å²) in [6.45, 7) is 10.6. The van der Waals surface area contributed by atoms with E-state index >= 15 is 0 Å². The number of aryl methyl sites for hydroxylation is 1. The molecule has 1 saturated heterocycles. The van der Waals surface area contributed by atoms with Crippen molar-refractivity contribution in [3.8, 4) is 11.5 Å². The van der Waals surface area contributed by atoms with Gasteiger partial charge in [-0.15, -0.1) is 0 Å².